The van der Waals surface area contributed by atoms with Gasteiger partial charge in [-0.2, -0.15) is 4.98 Å². The molecule has 0 bridgehead atoms. The number of amides is 1. The van der Waals surface area contributed by atoms with E-state index >= 15 is 0 Å². The third kappa shape index (κ3) is 4.56. The van der Waals surface area contributed by atoms with Crippen LogP contribution in [0.2, 0.25) is 0 Å². The van der Waals surface area contributed by atoms with Crippen LogP contribution in [0.5, 0.6) is 5.75 Å². The third-order valence-electron chi connectivity index (χ3n) is 5.13. The van der Waals surface area contributed by atoms with E-state index in [9.17, 15) is 9.18 Å². The molecule has 2 aromatic carbocycles. The highest BCUT2D eigenvalue weighted by molar-refractivity contribution is 5.98. The van der Waals surface area contributed by atoms with Crippen molar-refractivity contribution >= 4 is 29.0 Å². The normalized spacial score (nSPS) is 13.4. The summed E-state index contributed by atoms with van der Waals surface area (Å²) in [6.45, 7) is 1.84. The summed E-state index contributed by atoms with van der Waals surface area (Å²) in [5, 5.41) is 6.17. The zero-order chi connectivity index (χ0) is 22.0. The van der Waals surface area contributed by atoms with Crippen molar-refractivity contribution < 1.29 is 13.9 Å². The van der Waals surface area contributed by atoms with Crippen LogP contribution in [0.25, 0.3) is 0 Å². The molecule has 160 valence electrons. The van der Waals surface area contributed by atoms with E-state index in [1.165, 1.54) is 29.5 Å². The van der Waals surface area contributed by atoms with E-state index in [-0.39, 0.29) is 23.1 Å². The maximum atomic E-state index is 13.2. The van der Waals surface area contributed by atoms with Crippen molar-refractivity contribution in [1.82, 2.24) is 14.9 Å². The molecule has 31 heavy (non-hydrogen) atoms. The van der Waals surface area contributed by atoms with Gasteiger partial charge in [0, 0.05) is 25.0 Å². The van der Waals surface area contributed by atoms with Gasteiger partial charge in [0.15, 0.2) is 0 Å². The maximum absolute atomic E-state index is 13.2. The lowest BCUT2D eigenvalue weighted by Gasteiger charge is -2.26. The highest BCUT2D eigenvalue weighted by atomic mass is 19.1. The van der Waals surface area contributed by atoms with Gasteiger partial charge in [-0.15, -0.1) is 0 Å². The molecule has 2 heterocycles. The quantitative estimate of drug-likeness (QED) is 0.560. The number of aromatic nitrogens is 2. The Labute approximate surface area is 179 Å². The Balaban J connectivity index is 1.66. The highest BCUT2D eigenvalue weighted by Crippen LogP contribution is 2.33. The molecule has 1 aromatic heterocycles. The zero-order valence-corrected chi connectivity index (χ0v) is 17.3. The summed E-state index contributed by atoms with van der Waals surface area (Å²) in [5.41, 5.74) is 9.32. The summed E-state index contributed by atoms with van der Waals surface area (Å²) in [6, 6.07) is 9.75. The fourth-order valence-electron chi connectivity index (χ4n) is 3.50. The fraction of sp³-hybridized carbons (Fsp3) is 0.227. The molecule has 9 heteroatoms. The molecule has 1 aliphatic rings. The maximum Gasteiger partial charge on any atom is 0.254 e. The lowest BCUT2D eigenvalue weighted by molar-refractivity contribution is 0.100. The van der Waals surface area contributed by atoms with E-state index in [0.29, 0.717) is 11.4 Å². The van der Waals surface area contributed by atoms with Gasteiger partial charge in [-0.1, -0.05) is 0 Å². The topological polar surface area (TPSA) is 105 Å². The van der Waals surface area contributed by atoms with Crippen LogP contribution >= 0.6 is 0 Å². The first-order valence-electron chi connectivity index (χ1n) is 9.77. The number of anilines is 4. The van der Waals surface area contributed by atoms with E-state index < -0.39 is 5.91 Å². The monoisotopic (exact) mass is 422 g/mol. The minimum atomic E-state index is -0.675. The predicted octanol–water partition coefficient (Wildman–Crippen LogP) is 3.20. The Kier molecular flexibility index (Phi) is 5.68. The summed E-state index contributed by atoms with van der Waals surface area (Å²) in [6.07, 6.45) is 2.31. The molecule has 0 unspecified atom stereocenters. The molecule has 0 aliphatic carbocycles. The Hall–Kier alpha value is -3.72. The predicted molar refractivity (Wildman–Crippen MR) is 117 cm³/mol. The number of ether oxygens (including phenoxy) is 1. The number of carbonyl (C=O) groups excluding carboxylic acids is 1. The molecular formula is C22H23FN6O2. The molecule has 3 aromatic rings. The van der Waals surface area contributed by atoms with Gasteiger partial charge < -0.3 is 26.0 Å². The molecule has 0 fully saturated rings. The van der Waals surface area contributed by atoms with Gasteiger partial charge in [-0.3, -0.25) is 4.79 Å². The average molecular weight is 422 g/mol. The number of nitrogens with zero attached hydrogens (tertiary/aromatic N) is 3. The molecule has 4 N–H and O–H groups in total. The molecule has 0 atom stereocenters. The second-order valence-corrected chi connectivity index (χ2v) is 7.39. The van der Waals surface area contributed by atoms with E-state index in [0.717, 1.165) is 25.2 Å². The van der Waals surface area contributed by atoms with Crippen molar-refractivity contribution in [3.63, 3.8) is 0 Å². The van der Waals surface area contributed by atoms with Gasteiger partial charge in [0.1, 0.15) is 22.9 Å². The minimum Gasteiger partial charge on any atom is -0.495 e. The smallest absolute Gasteiger partial charge is 0.254 e. The summed E-state index contributed by atoms with van der Waals surface area (Å²) >= 11 is 0. The number of hydrogen-bond acceptors (Lipinski definition) is 7. The molecule has 0 spiro atoms. The fourth-order valence-corrected chi connectivity index (χ4v) is 3.50. The highest BCUT2D eigenvalue weighted by Gasteiger charge is 2.18. The Morgan fingerprint density at radius 1 is 1.19 bits per heavy atom. The van der Waals surface area contributed by atoms with Crippen LogP contribution in [0.15, 0.2) is 42.6 Å². The van der Waals surface area contributed by atoms with Crippen LogP contribution in [0.3, 0.4) is 0 Å². The molecule has 0 saturated carbocycles. The van der Waals surface area contributed by atoms with Crippen molar-refractivity contribution in [1.29, 1.82) is 0 Å². The van der Waals surface area contributed by atoms with Crippen LogP contribution in [-0.4, -0.2) is 41.5 Å². The van der Waals surface area contributed by atoms with E-state index in [2.05, 4.69) is 32.5 Å². The van der Waals surface area contributed by atoms with Crippen LogP contribution in [0.4, 0.5) is 27.5 Å². The van der Waals surface area contributed by atoms with E-state index in [4.69, 9.17) is 10.5 Å². The van der Waals surface area contributed by atoms with Crippen LogP contribution < -0.4 is 21.1 Å². The summed E-state index contributed by atoms with van der Waals surface area (Å²) in [7, 11) is 3.69. The number of benzene rings is 2. The first kappa shape index (κ1) is 20.5. The number of nitrogens with one attached hydrogen (secondary N) is 2. The first-order valence-corrected chi connectivity index (χ1v) is 9.77. The number of likely N-dealkylation sites (N-methyl/N-ethyl adjacent to an activating group) is 1. The number of hydrogen-bond donors (Lipinski definition) is 3. The Bertz CT molecular complexity index is 1120. The number of fused-ring (bicyclic) bond motifs is 1. The summed E-state index contributed by atoms with van der Waals surface area (Å²) < 4.78 is 18.8. The van der Waals surface area contributed by atoms with Gasteiger partial charge in [-0.25, -0.2) is 9.37 Å². The largest absolute Gasteiger partial charge is 0.495 e. The SMILES string of the molecule is COc1cc2c(cc1Nc1ncc(C(N)=O)c(Nc3ccc(F)cc3)n1)CN(C)CC2. The zero-order valence-electron chi connectivity index (χ0n) is 17.3. The summed E-state index contributed by atoms with van der Waals surface area (Å²) in [4.78, 5) is 22.7. The van der Waals surface area contributed by atoms with Crippen molar-refractivity contribution in [2.75, 3.05) is 31.3 Å². The molecular weight excluding hydrogens is 399 g/mol. The van der Waals surface area contributed by atoms with Crippen molar-refractivity contribution in [3.8, 4) is 5.75 Å². The lowest BCUT2D eigenvalue weighted by atomic mass is 9.99. The number of halogens is 1. The third-order valence-corrected chi connectivity index (χ3v) is 5.13. The van der Waals surface area contributed by atoms with Crippen LogP contribution in [0, 0.1) is 5.82 Å². The number of rotatable bonds is 6. The van der Waals surface area contributed by atoms with Crippen molar-refractivity contribution in [2.45, 2.75) is 13.0 Å². The van der Waals surface area contributed by atoms with Crippen molar-refractivity contribution in [3.05, 3.63) is 65.1 Å². The standard InChI is InChI=1S/C22H23FN6O2/c1-29-8-7-13-10-19(31-2)18(9-14(13)12-29)27-22-25-11-17(20(24)30)21(28-22)26-16-5-3-15(23)4-6-16/h3-6,9-11H,7-8,12H2,1-2H3,(H2,24,30)(H2,25,26,27,28). The molecule has 8 nitrogen and oxygen atoms in total. The van der Waals surface area contributed by atoms with Gasteiger partial charge in [0.2, 0.25) is 5.95 Å². The number of methoxy groups -OCH3 is 1. The Morgan fingerprint density at radius 3 is 2.68 bits per heavy atom. The number of carbonyl (C=O) groups is 1. The van der Waals surface area contributed by atoms with E-state index in [1.807, 2.05) is 12.1 Å². The second-order valence-electron chi connectivity index (χ2n) is 7.39. The molecule has 0 radical (unpaired) electrons. The number of primary amides is 1. The Morgan fingerprint density at radius 2 is 1.97 bits per heavy atom. The van der Waals surface area contributed by atoms with Crippen LogP contribution in [0.1, 0.15) is 21.5 Å². The average Bonchev–Trinajstić information content (AvgIpc) is 2.75. The summed E-state index contributed by atoms with van der Waals surface area (Å²) in [5.74, 6) is 0.116. The lowest BCUT2D eigenvalue weighted by Crippen LogP contribution is -2.26. The molecule has 1 amide bonds. The van der Waals surface area contributed by atoms with Gasteiger partial charge in [0.25, 0.3) is 5.91 Å². The van der Waals surface area contributed by atoms with Gasteiger partial charge >= 0.3 is 0 Å². The number of nitrogens with two attached hydrogens (primary N) is 1. The second kappa shape index (κ2) is 8.57. The first-order chi connectivity index (χ1) is 14.9. The molecule has 4 rings (SSSR count). The van der Waals surface area contributed by atoms with Gasteiger partial charge in [-0.05, 0) is 61.0 Å². The minimum absolute atomic E-state index is 0.119. The van der Waals surface area contributed by atoms with Crippen LogP contribution in [-0.2, 0) is 13.0 Å². The van der Waals surface area contributed by atoms with Gasteiger partial charge in [0.05, 0.1) is 12.8 Å². The molecule has 0 saturated heterocycles. The molecule has 1 aliphatic heterocycles. The van der Waals surface area contributed by atoms with Crippen molar-refractivity contribution in [2.24, 2.45) is 5.73 Å². The van der Waals surface area contributed by atoms with E-state index in [1.54, 1.807) is 19.2 Å².